The Morgan fingerprint density at radius 3 is 2.60 bits per heavy atom. The Kier molecular flexibility index (Phi) is 1.92. The molecular formula is C7H6F3N5. The number of anilines is 1. The van der Waals surface area contributed by atoms with Gasteiger partial charge >= 0.3 is 6.18 Å². The van der Waals surface area contributed by atoms with Gasteiger partial charge in [-0.05, 0) is 6.07 Å². The van der Waals surface area contributed by atoms with Crippen LogP contribution in [0.25, 0.3) is 5.82 Å². The molecule has 0 saturated carbocycles. The zero-order chi connectivity index (χ0) is 11.1. The zero-order valence-electron chi connectivity index (χ0n) is 7.28. The first-order valence-electron chi connectivity index (χ1n) is 3.90. The van der Waals surface area contributed by atoms with E-state index in [-0.39, 0.29) is 11.6 Å². The minimum atomic E-state index is -4.46. The normalized spacial score (nSPS) is 11.9. The molecular weight excluding hydrogens is 211 g/mol. The summed E-state index contributed by atoms with van der Waals surface area (Å²) in [6, 6.07) is 0.855. The number of nitrogens with two attached hydrogens (primary N) is 1. The van der Waals surface area contributed by atoms with Crippen LogP contribution in [0.1, 0.15) is 5.69 Å². The highest BCUT2D eigenvalue weighted by Crippen LogP contribution is 2.27. The van der Waals surface area contributed by atoms with Gasteiger partial charge in [0.1, 0.15) is 5.82 Å². The molecule has 5 nitrogen and oxygen atoms in total. The van der Waals surface area contributed by atoms with Crippen molar-refractivity contribution in [2.24, 2.45) is 0 Å². The van der Waals surface area contributed by atoms with Crippen molar-refractivity contribution < 1.29 is 13.2 Å². The Morgan fingerprint density at radius 2 is 2.13 bits per heavy atom. The molecule has 0 aromatic carbocycles. The molecule has 2 rings (SSSR count). The van der Waals surface area contributed by atoms with Gasteiger partial charge in [-0.1, -0.05) is 0 Å². The van der Waals surface area contributed by atoms with Crippen molar-refractivity contribution in [3.05, 3.63) is 24.3 Å². The summed E-state index contributed by atoms with van der Waals surface area (Å²) < 4.78 is 37.6. The molecule has 0 amide bonds. The monoisotopic (exact) mass is 217 g/mol. The van der Waals surface area contributed by atoms with Crippen LogP contribution in [0, 0.1) is 0 Å². The summed E-state index contributed by atoms with van der Waals surface area (Å²) in [5, 5.41) is 3.31. The molecule has 15 heavy (non-hydrogen) atoms. The smallest absolute Gasteiger partial charge is 0.382 e. The Labute approximate surface area is 81.7 Å². The molecule has 0 atom stereocenters. The summed E-state index contributed by atoms with van der Waals surface area (Å²) >= 11 is 0. The average Bonchev–Trinajstić information content (AvgIpc) is 2.69. The van der Waals surface area contributed by atoms with E-state index in [9.17, 15) is 13.2 Å². The van der Waals surface area contributed by atoms with Crippen LogP contribution in [0.5, 0.6) is 0 Å². The third kappa shape index (κ3) is 1.65. The van der Waals surface area contributed by atoms with Gasteiger partial charge in [-0.3, -0.25) is 0 Å². The topological polar surface area (TPSA) is 72.5 Å². The maximum Gasteiger partial charge on any atom is 0.435 e. The van der Waals surface area contributed by atoms with E-state index in [1.165, 1.54) is 6.33 Å². The number of nitrogen functional groups attached to an aromatic ring is 1. The molecule has 0 spiro atoms. The standard InChI is InChI=1S/C7H6F3N5/c8-7(9,10)4-1-2-15(14-4)6-5(11)12-3-13-6/h1-3H,11H2,(H,12,13). The zero-order valence-corrected chi connectivity index (χ0v) is 7.28. The lowest BCUT2D eigenvalue weighted by molar-refractivity contribution is -0.141. The Bertz CT molecular complexity index is 469. The summed E-state index contributed by atoms with van der Waals surface area (Å²) in [4.78, 5) is 6.27. The SMILES string of the molecule is Nc1[nH]cnc1-n1ccc(C(F)(F)F)n1. The number of rotatable bonds is 1. The first-order chi connectivity index (χ1) is 6.98. The van der Waals surface area contributed by atoms with Crippen LogP contribution in [-0.4, -0.2) is 19.7 Å². The molecule has 0 radical (unpaired) electrons. The summed E-state index contributed by atoms with van der Waals surface area (Å²) in [6.45, 7) is 0. The lowest BCUT2D eigenvalue weighted by Crippen LogP contribution is -2.08. The van der Waals surface area contributed by atoms with Gasteiger partial charge in [0.25, 0.3) is 0 Å². The summed E-state index contributed by atoms with van der Waals surface area (Å²) in [6.07, 6.45) is -2.04. The molecule has 8 heteroatoms. The van der Waals surface area contributed by atoms with E-state index < -0.39 is 11.9 Å². The molecule has 3 N–H and O–H groups in total. The van der Waals surface area contributed by atoms with Crippen LogP contribution in [-0.2, 0) is 6.18 Å². The first-order valence-corrected chi connectivity index (χ1v) is 3.90. The number of aromatic nitrogens is 4. The third-order valence-electron chi connectivity index (χ3n) is 1.74. The number of nitrogens with zero attached hydrogens (tertiary/aromatic N) is 3. The number of halogens is 3. The Balaban J connectivity index is 2.41. The Hall–Kier alpha value is -1.99. The van der Waals surface area contributed by atoms with Crippen LogP contribution in [0.4, 0.5) is 19.0 Å². The fourth-order valence-electron chi connectivity index (χ4n) is 1.07. The summed E-state index contributed by atoms with van der Waals surface area (Å²) in [5.41, 5.74) is 4.45. The van der Waals surface area contributed by atoms with Gasteiger partial charge in [0.2, 0.25) is 0 Å². The van der Waals surface area contributed by atoms with Gasteiger partial charge in [-0.15, -0.1) is 0 Å². The van der Waals surface area contributed by atoms with Gasteiger partial charge in [0, 0.05) is 6.20 Å². The van der Waals surface area contributed by atoms with E-state index in [1.54, 1.807) is 0 Å². The van der Waals surface area contributed by atoms with Gasteiger partial charge in [-0.25, -0.2) is 9.67 Å². The number of hydrogen-bond donors (Lipinski definition) is 2. The number of H-pyrrole nitrogens is 1. The van der Waals surface area contributed by atoms with Crippen molar-refractivity contribution in [1.29, 1.82) is 0 Å². The Morgan fingerprint density at radius 1 is 1.40 bits per heavy atom. The number of imidazole rings is 1. The molecule has 0 unspecified atom stereocenters. The third-order valence-corrected chi connectivity index (χ3v) is 1.74. The lowest BCUT2D eigenvalue weighted by atomic mass is 10.4. The molecule has 0 saturated heterocycles. The maximum atomic E-state index is 12.2. The summed E-state index contributed by atoms with van der Waals surface area (Å²) in [7, 11) is 0. The largest absolute Gasteiger partial charge is 0.435 e. The molecule has 2 aromatic heterocycles. The molecule has 2 heterocycles. The van der Waals surface area contributed by atoms with E-state index in [4.69, 9.17) is 5.73 Å². The number of nitrogens with one attached hydrogen (secondary N) is 1. The van der Waals surface area contributed by atoms with Crippen LogP contribution in [0.2, 0.25) is 0 Å². The maximum absolute atomic E-state index is 12.2. The molecule has 0 aliphatic rings. The number of alkyl halides is 3. The molecule has 80 valence electrons. The fourth-order valence-corrected chi connectivity index (χ4v) is 1.07. The second-order valence-electron chi connectivity index (χ2n) is 2.78. The van der Waals surface area contributed by atoms with E-state index in [0.717, 1.165) is 16.9 Å². The number of aromatic amines is 1. The average molecular weight is 217 g/mol. The predicted molar refractivity (Wildman–Crippen MR) is 45.1 cm³/mol. The molecule has 0 bridgehead atoms. The minimum absolute atomic E-state index is 0.144. The molecule has 0 aliphatic carbocycles. The van der Waals surface area contributed by atoms with Crippen molar-refractivity contribution in [3.63, 3.8) is 0 Å². The fraction of sp³-hybridized carbons (Fsp3) is 0.143. The van der Waals surface area contributed by atoms with E-state index in [1.807, 2.05) is 0 Å². The van der Waals surface area contributed by atoms with Gasteiger partial charge < -0.3 is 10.7 Å². The summed E-state index contributed by atoms with van der Waals surface area (Å²) in [5.74, 6) is 0.303. The van der Waals surface area contributed by atoms with Gasteiger partial charge in [-0.2, -0.15) is 18.3 Å². The number of hydrogen-bond acceptors (Lipinski definition) is 3. The van der Waals surface area contributed by atoms with Crippen molar-refractivity contribution in [3.8, 4) is 5.82 Å². The highest BCUT2D eigenvalue weighted by molar-refractivity contribution is 5.45. The molecule has 2 aromatic rings. The van der Waals surface area contributed by atoms with E-state index in [0.29, 0.717) is 0 Å². The second-order valence-corrected chi connectivity index (χ2v) is 2.78. The highest BCUT2D eigenvalue weighted by atomic mass is 19.4. The quantitative estimate of drug-likeness (QED) is 0.753. The van der Waals surface area contributed by atoms with Crippen molar-refractivity contribution in [2.75, 3.05) is 5.73 Å². The van der Waals surface area contributed by atoms with E-state index in [2.05, 4.69) is 15.1 Å². The molecule has 0 aliphatic heterocycles. The van der Waals surface area contributed by atoms with E-state index >= 15 is 0 Å². The van der Waals surface area contributed by atoms with Crippen LogP contribution in [0.3, 0.4) is 0 Å². The van der Waals surface area contributed by atoms with Crippen LogP contribution in [0.15, 0.2) is 18.6 Å². The van der Waals surface area contributed by atoms with Crippen molar-refractivity contribution in [1.82, 2.24) is 19.7 Å². The highest BCUT2D eigenvalue weighted by Gasteiger charge is 2.33. The van der Waals surface area contributed by atoms with Crippen molar-refractivity contribution >= 4 is 5.82 Å². The predicted octanol–water partition coefficient (Wildman–Crippen LogP) is 1.20. The lowest BCUT2D eigenvalue weighted by Gasteiger charge is -2.00. The van der Waals surface area contributed by atoms with Gasteiger partial charge in [0.05, 0.1) is 6.33 Å². The molecule has 0 fully saturated rings. The second kappa shape index (κ2) is 3.01. The van der Waals surface area contributed by atoms with Crippen molar-refractivity contribution in [2.45, 2.75) is 6.18 Å². The minimum Gasteiger partial charge on any atom is -0.382 e. The van der Waals surface area contributed by atoms with Crippen LogP contribution >= 0.6 is 0 Å². The van der Waals surface area contributed by atoms with Gasteiger partial charge in [0.15, 0.2) is 11.5 Å². The first kappa shape index (κ1) is 9.56. The van der Waals surface area contributed by atoms with Crippen LogP contribution < -0.4 is 5.73 Å².